The average molecular weight is 243 g/mol. The van der Waals surface area contributed by atoms with Crippen LogP contribution in [0.2, 0.25) is 0 Å². The van der Waals surface area contributed by atoms with Crippen LogP contribution in [0.1, 0.15) is 12.0 Å². The van der Waals surface area contributed by atoms with Gasteiger partial charge in [-0.2, -0.15) is 4.98 Å². The lowest BCUT2D eigenvalue weighted by atomic mass is 10.1. The van der Waals surface area contributed by atoms with Gasteiger partial charge in [-0.3, -0.25) is 0 Å². The molecule has 5 heteroatoms. The molecule has 2 atom stereocenters. The van der Waals surface area contributed by atoms with Crippen LogP contribution < -0.4 is 10.2 Å². The number of aromatic nitrogens is 3. The Hall–Kier alpha value is -1.62. The van der Waals surface area contributed by atoms with E-state index in [4.69, 9.17) is 0 Å². The van der Waals surface area contributed by atoms with Crippen LogP contribution in [0.4, 0.5) is 5.95 Å². The molecule has 2 aliphatic rings. The Morgan fingerprint density at radius 3 is 3.28 bits per heavy atom. The Bertz CT molecular complexity index is 590. The molecule has 1 N–H and O–H groups in total. The van der Waals surface area contributed by atoms with Crippen molar-refractivity contribution in [2.75, 3.05) is 24.5 Å². The summed E-state index contributed by atoms with van der Waals surface area (Å²) in [6.45, 7) is 5.39. The number of pyridine rings is 1. The third-order valence-corrected chi connectivity index (χ3v) is 4.18. The van der Waals surface area contributed by atoms with Crippen LogP contribution in [0.5, 0.6) is 0 Å². The van der Waals surface area contributed by atoms with Gasteiger partial charge in [-0.05, 0) is 37.0 Å². The van der Waals surface area contributed by atoms with E-state index in [2.05, 4.69) is 39.4 Å². The minimum atomic E-state index is 0.587. The highest BCUT2D eigenvalue weighted by atomic mass is 15.4. The van der Waals surface area contributed by atoms with Crippen molar-refractivity contribution in [3.63, 3.8) is 0 Å². The van der Waals surface area contributed by atoms with Crippen molar-refractivity contribution in [3.8, 4) is 0 Å². The Balaban J connectivity index is 1.74. The van der Waals surface area contributed by atoms with Crippen molar-refractivity contribution < 1.29 is 0 Å². The van der Waals surface area contributed by atoms with Crippen LogP contribution >= 0.6 is 0 Å². The first-order valence-corrected chi connectivity index (χ1v) is 6.62. The van der Waals surface area contributed by atoms with Gasteiger partial charge in [0.2, 0.25) is 5.95 Å². The summed E-state index contributed by atoms with van der Waals surface area (Å²) in [5.41, 5.74) is 2.17. The van der Waals surface area contributed by atoms with Crippen LogP contribution in [-0.2, 0) is 0 Å². The summed E-state index contributed by atoms with van der Waals surface area (Å²) in [6, 6.07) is 4.73. The van der Waals surface area contributed by atoms with Gasteiger partial charge >= 0.3 is 0 Å². The second-order valence-electron chi connectivity index (χ2n) is 5.39. The highest BCUT2D eigenvalue weighted by molar-refractivity contribution is 5.47. The van der Waals surface area contributed by atoms with Crippen molar-refractivity contribution >= 4 is 11.6 Å². The molecule has 0 spiro atoms. The van der Waals surface area contributed by atoms with Crippen LogP contribution in [0, 0.1) is 12.8 Å². The Labute approximate surface area is 106 Å². The summed E-state index contributed by atoms with van der Waals surface area (Å²) in [4.78, 5) is 7.03. The summed E-state index contributed by atoms with van der Waals surface area (Å²) in [7, 11) is 0. The van der Waals surface area contributed by atoms with E-state index in [1.807, 2.05) is 10.7 Å². The van der Waals surface area contributed by atoms with Gasteiger partial charge in [-0.1, -0.05) is 0 Å². The minimum absolute atomic E-state index is 0.587. The minimum Gasteiger partial charge on any atom is -0.335 e. The van der Waals surface area contributed by atoms with E-state index in [0.29, 0.717) is 6.04 Å². The number of rotatable bonds is 1. The van der Waals surface area contributed by atoms with Crippen LogP contribution in [0.3, 0.4) is 0 Å². The van der Waals surface area contributed by atoms with Crippen molar-refractivity contribution in [2.24, 2.45) is 5.92 Å². The molecular weight excluding hydrogens is 226 g/mol. The normalized spacial score (nSPS) is 27.1. The van der Waals surface area contributed by atoms with E-state index in [0.717, 1.165) is 37.1 Å². The lowest BCUT2D eigenvalue weighted by Gasteiger charge is -2.21. The number of nitrogens with zero attached hydrogens (tertiary/aromatic N) is 4. The molecule has 18 heavy (non-hydrogen) atoms. The summed E-state index contributed by atoms with van der Waals surface area (Å²) in [5.74, 6) is 1.66. The van der Waals surface area contributed by atoms with Gasteiger partial charge in [-0.15, -0.1) is 5.10 Å². The fourth-order valence-corrected chi connectivity index (χ4v) is 3.19. The molecule has 0 unspecified atom stereocenters. The first-order chi connectivity index (χ1) is 8.81. The zero-order valence-corrected chi connectivity index (χ0v) is 10.5. The third kappa shape index (κ3) is 1.43. The van der Waals surface area contributed by atoms with E-state index < -0.39 is 0 Å². The fraction of sp³-hybridized carbons (Fsp3) is 0.538. The highest BCUT2D eigenvalue weighted by Crippen LogP contribution is 2.30. The number of hydrogen-bond donors (Lipinski definition) is 1. The van der Waals surface area contributed by atoms with Crippen molar-refractivity contribution in [2.45, 2.75) is 19.4 Å². The van der Waals surface area contributed by atoms with Crippen LogP contribution in [0.25, 0.3) is 5.65 Å². The second kappa shape index (κ2) is 3.68. The number of aryl methyl sites for hydroxylation is 1. The summed E-state index contributed by atoms with van der Waals surface area (Å²) in [5, 5.41) is 8.06. The van der Waals surface area contributed by atoms with Crippen molar-refractivity contribution in [1.29, 1.82) is 0 Å². The van der Waals surface area contributed by atoms with Crippen molar-refractivity contribution in [1.82, 2.24) is 19.9 Å². The molecule has 0 aromatic carbocycles. The van der Waals surface area contributed by atoms with Gasteiger partial charge < -0.3 is 10.2 Å². The molecule has 2 aromatic rings. The van der Waals surface area contributed by atoms with Gasteiger partial charge in [-0.25, -0.2) is 4.52 Å². The monoisotopic (exact) mass is 243 g/mol. The molecule has 2 saturated heterocycles. The van der Waals surface area contributed by atoms with E-state index in [-0.39, 0.29) is 0 Å². The number of fused-ring (bicyclic) bond motifs is 2. The first-order valence-electron chi connectivity index (χ1n) is 6.62. The van der Waals surface area contributed by atoms with Crippen LogP contribution in [-0.4, -0.2) is 40.3 Å². The van der Waals surface area contributed by atoms with Gasteiger partial charge in [0, 0.05) is 31.9 Å². The van der Waals surface area contributed by atoms with Gasteiger partial charge in [0.05, 0.1) is 0 Å². The molecule has 4 rings (SSSR count). The molecule has 94 valence electrons. The van der Waals surface area contributed by atoms with Gasteiger partial charge in [0.15, 0.2) is 5.65 Å². The Morgan fingerprint density at radius 1 is 1.39 bits per heavy atom. The van der Waals surface area contributed by atoms with E-state index >= 15 is 0 Å². The molecule has 0 aliphatic carbocycles. The number of nitrogens with one attached hydrogen (secondary N) is 1. The molecule has 0 amide bonds. The molecule has 2 fully saturated rings. The summed E-state index contributed by atoms with van der Waals surface area (Å²) < 4.78 is 1.87. The topological polar surface area (TPSA) is 45.5 Å². The average Bonchev–Trinajstić information content (AvgIpc) is 3.00. The molecular formula is C13H17N5. The molecule has 0 saturated carbocycles. The molecule has 2 aliphatic heterocycles. The Morgan fingerprint density at radius 2 is 2.33 bits per heavy atom. The maximum Gasteiger partial charge on any atom is 0.245 e. The van der Waals surface area contributed by atoms with Crippen molar-refractivity contribution in [3.05, 3.63) is 23.9 Å². The third-order valence-electron chi connectivity index (χ3n) is 4.18. The molecule has 4 heterocycles. The number of anilines is 1. The summed E-state index contributed by atoms with van der Waals surface area (Å²) >= 11 is 0. The number of hydrogen-bond acceptors (Lipinski definition) is 4. The van der Waals surface area contributed by atoms with Gasteiger partial charge in [0.1, 0.15) is 0 Å². The first kappa shape index (κ1) is 10.3. The fourth-order valence-electron chi connectivity index (χ4n) is 3.19. The zero-order valence-electron chi connectivity index (χ0n) is 10.5. The Kier molecular flexibility index (Phi) is 2.11. The maximum atomic E-state index is 4.67. The molecule has 0 radical (unpaired) electrons. The highest BCUT2D eigenvalue weighted by Gasteiger charge is 2.39. The smallest absolute Gasteiger partial charge is 0.245 e. The SMILES string of the molecule is Cc1ccn2nc(N3CC[C@H]4CNC[C@H]43)nc2c1. The maximum absolute atomic E-state index is 4.67. The van der Waals surface area contributed by atoms with Gasteiger partial charge in [0.25, 0.3) is 0 Å². The quantitative estimate of drug-likeness (QED) is 0.806. The van der Waals surface area contributed by atoms with Crippen LogP contribution in [0.15, 0.2) is 18.3 Å². The molecule has 2 aromatic heterocycles. The lowest BCUT2D eigenvalue weighted by molar-refractivity contribution is 0.576. The largest absolute Gasteiger partial charge is 0.335 e. The standard InChI is InChI=1S/C13H17N5/c1-9-2-5-18-12(6-9)15-13(16-18)17-4-3-10-7-14-8-11(10)17/h2,5-6,10-11,14H,3-4,7-8H2,1H3/t10-,11+/m0/s1. The summed E-state index contributed by atoms with van der Waals surface area (Å²) in [6.07, 6.45) is 3.24. The van der Waals surface area contributed by atoms with E-state index in [1.54, 1.807) is 0 Å². The predicted octanol–water partition coefficient (Wildman–Crippen LogP) is 0.836. The van der Waals surface area contributed by atoms with E-state index in [9.17, 15) is 0 Å². The predicted molar refractivity (Wildman–Crippen MR) is 69.8 cm³/mol. The molecule has 5 nitrogen and oxygen atoms in total. The lowest BCUT2D eigenvalue weighted by Crippen LogP contribution is -2.34. The zero-order chi connectivity index (χ0) is 12.1. The molecule has 0 bridgehead atoms. The van der Waals surface area contributed by atoms with E-state index in [1.165, 1.54) is 12.0 Å². The second-order valence-corrected chi connectivity index (χ2v) is 5.39.